The van der Waals surface area contributed by atoms with Crippen LogP contribution in [-0.2, 0) is 5.41 Å². The highest BCUT2D eigenvalue weighted by atomic mass is 35.5. The Bertz CT molecular complexity index is 455. The van der Waals surface area contributed by atoms with E-state index in [1.165, 1.54) is 5.56 Å². The minimum Gasteiger partial charge on any atom is -0.373 e. The summed E-state index contributed by atoms with van der Waals surface area (Å²) >= 11 is 5.93. The predicted molar refractivity (Wildman–Crippen MR) is 68.5 cm³/mol. The molecule has 0 unspecified atom stereocenters. The number of nitrogens with one attached hydrogen (secondary N) is 1. The normalized spacial score (nSPS) is 21.9. The van der Waals surface area contributed by atoms with E-state index < -0.39 is 0 Å². The zero-order valence-corrected chi connectivity index (χ0v) is 10.6. The highest BCUT2D eigenvalue weighted by molar-refractivity contribution is 6.31. The van der Waals surface area contributed by atoms with Gasteiger partial charge in [0, 0.05) is 24.7 Å². The third-order valence-corrected chi connectivity index (χ3v) is 4.41. The number of piperidine rings is 1. The molecule has 1 aromatic carbocycles. The number of benzene rings is 1. The quantitative estimate of drug-likeness (QED) is 0.766. The minimum atomic E-state index is -0.316. The van der Waals surface area contributed by atoms with E-state index in [4.69, 9.17) is 11.6 Å². The molecule has 4 heteroatoms. The number of hydrogen-bond acceptors (Lipinski definition) is 2. The summed E-state index contributed by atoms with van der Waals surface area (Å²) in [5.41, 5.74) is 2.41. The van der Waals surface area contributed by atoms with E-state index in [1.807, 2.05) is 13.1 Å². The lowest BCUT2D eigenvalue weighted by Gasteiger charge is -2.34. The van der Waals surface area contributed by atoms with Crippen LogP contribution in [0.15, 0.2) is 12.1 Å². The fraction of sp³-hybridized carbons (Fsp3) is 0.538. The van der Waals surface area contributed by atoms with Crippen LogP contribution in [0.1, 0.15) is 18.4 Å². The SMILES string of the molecule is CN1CC2(CCNCC2)c2cc(Cl)c(F)cc21. The molecule has 0 bridgehead atoms. The highest BCUT2D eigenvalue weighted by Crippen LogP contribution is 2.46. The van der Waals surface area contributed by atoms with Crippen LogP contribution < -0.4 is 10.2 Å². The molecule has 1 spiro atoms. The van der Waals surface area contributed by atoms with Gasteiger partial charge in [-0.15, -0.1) is 0 Å². The molecule has 17 heavy (non-hydrogen) atoms. The zero-order chi connectivity index (χ0) is 12.0. The lowest BCUT2D eigenvalue weighted by Crippen LogP contribution is -2.42. The van der Waals surface area contributed by atoms with E-state index in [0.717, 1.165) is 38.2 Å². The van der Waals surface area contributed by atoms with Crippen LogP contribution in [0.3, 0.4) is 0 Å². The first-order valence-corrected chi connectivity index (χ1v) is 6.42. The molecule has 1 N–H and O–H groups in total. The summed E-state index contributed by atoms with van der Waals surface area (Å²) in [7, 11) is 2.03. The van der Waals surface area contributed by atoms with Crippen molar-refractivity contribution in [1.82, 2.24) is 5.32 Å². The third-order valence-electron chi connectivity index (χ3n) is 4.12. The largest absolute Gasteiger partial charge is 0.373 e. The van der Waals surface area contributed by atoms with Gasteiger partial charge in [-0.25, -0.2) is 4.39 Å². The topological polar surface area (TPSA) is 15.3 Å². The van der Waals surface area contributed by atoms with Crippen molar-refractivity contribution in [3.8, 4) is 0 Å². The molecule has 2 nitrogen and oxygen atoms in total. The van der Waals surface area contributed by atoms with Crippen molar-refractivity contribution in [2.45, 2.75) is 18.3 Å². The van der Waals surface area contributed by atoms with E-state index in [2.05, 4.69) is 10.2 Å². The fourth-order valence-corrected chi connectivity index (χ4v) is 3.40. The molecule has 2 aliphatic rings. The molecule has 1 saturated heterocycles. The summed E-state index contributed by atoms with van der Waals surface area (Å²) in [5, 5.41) is 3.63. The number of halogens is 2. The van der Waals surface area contributed by atoms with E-state index in [0.29, 0.717) is 0 Å². The molecule has 92 valence electrons. The maximum absolute atomic E-state index is 13.5. The Morgan fingerprint density at radius 2 is 2.06 bits per heavy atom. The Morgan fingerprint density at radius 3 is 2.76 bits per heavy atom. The minimum absolute atomic E-state index is 0.173. The van der Waals surface area contributed by atoms with Gasteiger partial charge in [0.1, 0.15) is 5.82 Å². The molecule has 3 rings (SSSR count). The standard InChI is InChI=1S/C13H16ClFN2/c1-17-8-13(2-4-16-5-3-13)9-6-10(14)11(15)7-12(9)17/h6-7,16H,2-5,8H2,1H3. The van der Waals surface area contributed by atoms with Crippen molar-refractivity contribution in [2.75, 3.05) is 31.6 Å². The summed E-state index contributed by atoms with van der Waals surface area (Å²) in [6.07, 6.45) is 2.21. The maximum atomic E-state index is 13.5. The Hall–Kier alpha value is -0.800. The van der Waals surface area contributed by atoms with Crippen LogP contribution in [0.4, 0.5) is 10.1 Å². The summed E-state index contributed by atoms with van der Waals surface area (Å²) < 4.78 is 13.5. The Balaban J connectivity index is 2.11. The monoisotopic (exact) mass is 254 g/mol. The second-order valence-corrected chi connectivity index (χ2v) is 5.58. The molecule has 2 aliphatic heterocycles. The average Bonchev–Trinajstić information content (AvgIpc) is 2.55. The maximum Gasteiger partial charge on any atom is 0.143 e. The van der Waals surface area contributed by atoms with Gasteiger partial charge in [0.25, 0.3) is 0 Å². The lowest BCUT2D eigenvalue weighted by atomic mass is 9.75. The van der Waals surface area contributed by atoms with E-state index in [1.54, 1.807) is 6.07 Å². The van der Waals surface area contributed by atoms with E-state index in [-0.39, 0.29) is 16.3 Å². The number of fused-ring (bicyclic) bond motifs is 2. The zero-order valence-electron chi connectivity index (χ0n) is 9.89. The first kappa shape index (κ1) is 11.3. The molecule has 0 radical (unpaired) electrons. The van der Waals surface area contributed by atoms with Gasteiger partial charge in [0.05, 0.1) is 5.02 Å². The molecule has 0 atom stereocenters. The first-order chi connectivity index (χ1) is 8.12. The van der Waals surface area contributed by atoms with Crippen LogP contribution >= 0.6 is 11.6 Å². The van der Waals surface area contributed by atoms with Crippen molar-refractivity contribution in [3.05, 3.63) is 28.5 Å². The smallest absolute Gasteiger partial charge is 0.143 e. The third kappa shape index (κ3) is 1.64. The summed E-state index contributed by atoms with van der Waals surface area (Å²) in [5.74, 6) is -0.316. The Labute approximate surface area is 106 Å². The van der Waals surface area contributed by atoms with Gasteiger partial charge >= 0.3 is 0 Å². The lowest BCUT2D eigenvalue weighted by molar-refractivity contribution is 0.327. The summed E-state index contributed by atoms with van der Waals surface area (Å²) in [6.45, 7) is 3.04. The van der Waals surface area contributed by atoms with Gasteiger partial charge in [-0.1, -0.05) is 11.6 Å². The number of hydrogen-bond donors (Lipinski definition) is 1. The van der Waals surface area contributed by atoms with Crippen LogP contribution in [0.5, 0.6) is 0 Å². The first-order valence-electron chi connectivity index (χ1n) is 6.04. The number of anilines is 1. The second kappa shape index (κ2) is 3.85. The van der Waals surface area contributed by atoms with Crippen molar-refractivity contribution in [3.63, 3.8) is 0 Å². The van der Waals surface area contributed by atoms with Crippen LogP contribution in [0, 0.1) is 5.82 Å². The molecule has 1 fully saturated rings. The fourth-order valence-electron chi connectivity index (χ4n) is 3.23. The summed E-state index contributed by atoms with van der Waals surface area (Å²) in [6, 6.07) is 3.41. The van der Waals surface area contributed by atoms with Gasteiger partial charge in [-0.3, -0.25) is 0 Å². The van der Waals surface area contributed by atoms with Gasteiger partial charge in [0.2, 0.25) is 0 Å². The van der Waals surface area contributed by atoms with Crippen LogP contribution in [-0.4, -0.2) is 26.7 Å². The van der Waals surface area contributed by atoms with Crippen molar-refractivity contribution >= 4 is 17.3 Å². The molecule has 0 aliphatic carbocycles. The van der Waals surface area contributed by atoms with Crippen molar-refractivity contribution < 1.29 is 4.39 Å². The molecule has 0 amide bonds. The van der Waals surface area contributed by atoms with Crippen LogP contribution in [0.25, 0.3) is 0 Å². The van der Waals surface area contributed by atoms with E-state index in [9.17, 15) is 4.39 Å². The van der Waals surface area contributed by atoms with Gasteiger partial charge in [0.15, 0.2) is 0 Å². The molecule has 0 saturated carbocycles. The predicted octanol–water partition coefficient (Wildman–Crippen LogP) is 2.55. The molecule has 0 aromatic heterocycles. The number of rotatable bonds is 0. The average molecular weight is 255 g/mol. The number of nitrogens with zero attached hydrogens (tertiary/aromatic N) is 1. The van der Waals surface area contributed by atoms with Crippen molar-refractivity contribution in [2.24, 2.45) is 0 Å². The molecule has 2 heterocycles. The van der Waals surface area contributed by atoms with Gasteiger partial charge in [-0.05, 0) is 43.6 Å². The molecular weight excluding hydrogens is 239 g/mol. The van der Waals surface area contributed by atoms with E-state index >= 15 is 0 Å². The van der Waals surface area contributed by atoms with Gasteiger partial charge < -0.3 is 10.2 Å². The van der Waals surface area contributed by atoms with Gasteiger partial charge in [-0.2, -0.15) is 0 Å². The Morgan fingerprint density at radius 1 is 1.35 bits per heavy atom. The second-order valence-electron chi connectivity index (χ2n) is 5.17. The molecule has 1 aromatic rings. The molecular formula is C13H16ClFN2. The van der Waals surface area contributed by atoms with Crippen molar-refractivity contribution in [1.29, 1.82) is 0 Å². The Kier molecular flexibility index (Phi) is 2.56. The summed E-state index contributed by atoms with van der Waals surface area (Å²) in [4.78, 5) is 2.15. The van der Waals surface area contributed by atoms with Crippen LogP contribution in [0.2, 0.25) is 5.02 Å². The number of likely N-dealkylation sites (N-methyl/N-ethyl adjacent to an activating group) is 1. The highest BCUT2D eigenvalue weighted by Gasteiger charge is 2.42.